The van der Waals surface area contributed by atoms with E-state index in [0.717, 1.165) is 40.5 Å². The van der Waals surface area contributed by atoms with E-state index in [-0.39, 0.29) is 17.6 Å². The molecule has 2 aliphatic rings. The molecule has 0 aromatic heterocycles. The fourth-order valence-electron chi connectivity index (χ4n) is 3.46. The second-order valence-corrected chi connectivity index (χ2v) is 8.33. The summed E-state index contributed by atoms with van der Waals surface area (Å²) in [7, 11) is 0. The van der Waals surface area contributed by atoms with Crippen LogP contribution in [0.25, 0.3) is 0 Å². The zero-order chi connectivity index (χ0) is 18.0. The number of Topliss-reactive ketones (excluding diaryl/α,β-unsaturated/α-hetero) is 1. The van der Waals surface area contributed by atoms with Crippen molar-refractivity contribution in [3.63, 3.8) is 0 Å². The quantitative estimate of drug-likeness (QED) is 0.767. The zero-order valence-electron chi connectivity index (χ0n) is 15.1. The van der Waals surface area contributed by atoms with Crippen molar-refractivity contribution in [2.45, 2.75) is 46.0 Å². The van der Waals surface area contributed by atoms with E-state index in [1.165, 1.54) is 5.56 Å². The number of nitriles is 1. The van der Waals surface area contributed by atoms with Crippen molar-refractivity contribution in [3.05, 3.63) is 46.7 Å². The number of carbonyl (C=O) groups excluding carboxylic acids is 1. The highest BCUT2D eigenvalue weighted by atomic mass is 32.2. The van der Waals surface area contributed by atoms with Crippen molar-refractivity contribution in [2.75, 3.05) is 5.75 Å². The van der Waals surface area contributed by atoms with Gasteiger partial charge in [-0.15, -0.1) is 11.8 Å². The SMILES string of the molecule is Cc1ccc([C@H]2C3=C(CCCC3=O)N=C(SCC(C)C)C2C#N)cc1. The number of aliphatic imine (C=N–C) groups is 1. The van der Waals surface area contributed by atoms with Gasteiger partial charge in [0.2, 0.25) is 0 Å². The Morgan fingerprint density at radius 3 is 2.64 bits per heavy atom. The summed E-state index contributed by atoms with van der Waals surface area (Å²) in [5.74, 6) is 1.10. The molecular formula is C21H24N2OS. The topological polar surface area (TPSA) is 53.2 Å². The molecule has 4 heteroatoms. The van der Waals surface area contributed by atoms with Gasteiger partial charge in [-0.1, -0.05) is 43.7 Å². The fourth-order valence-corrected chi connectivity index (χ4v) is 4.51. The summed E-state index contributed by atoms with van der Waals surface area (Å²) in [6.45, 7) is 6.39. The monoisotopic (exact) mass is 352 g/mol. The molecule has 0 bridgehead atoms. The predicted molar refractivity (Wildman–Crippen MR) is 104 cm³/mol. The molecule has 3 nitrogen and oxygen atoms in total. The first-order chi connectivity index (χ1) is 12.0. The molecule has 130 valence electrons. The number of aryl methyl sites for hydroxylation is 1. The lowest BCUT2D eigenvalue weighted by molar-refractivity contribution is -0.116. The van der Waals surface area contributed by atoms with Gasteiger partial charge in [0.1, 0.15) is 5.92 Å². The van der Waals surface area contributed by atoms with Crippen LogP contribution in [0, 0.1) is 30.1 Å². The summed E-state index contributed by atoms with van der Waals surface area (Å²) in [6, 6.07) is 10.7. The van der Waals surface area contributed by atoms with Crippen molar-refractivity contribution in [3.8, 4) is 6.07 Å². The van der Waals surface area contributed by atoms with Crippen LogP contribution in [0.1, 0.15) is 50.2 Å². The van der Waals surface area contributed by atoms with E-state index in [2.05, 4.69) is 44.2 Å². The molecule has 0 amide bonds. The Balaban J connectivity index is 2.08. The van der Waals surface area contributed by atoms with Crippen molar-refractivity contribution >= 4 is 22.6 Å². The fraction of sp³-hybridized carbons (Fsp3) is 0.476. The Morgan fingerprint density at radius 2 is 2.00 bits per heavy atom. The van der Waals surface area contributed by atoms with Crippen LogP contribution < -0.4 is 0 Å². The van der Waals surface area contributed by atoms with Crippen LogP contribution in [0.3, 0.4) is 0 Å². The van der Waals surface area contributed by atoms with E-state index < -0.39 is 0 Å². The maximum Gasteiger partial charge on any atom is 0.161 e. The molecule has 1 aromatic rings. The highest BCUT2D eigenvalue weighted by molar-refractivity contribution is 8.14. The van der Waals surface area contributed by atoms with Crippen molar-refractivity contribution in [1.82, 2.24) is 0 Å². The van der Waals surface area contributed by atoms with Gasteiger partial charge >= 0.3 is 0 Å². The van der Waals surface area contributed by atoms with Crippen LogP contribution >= 0.6 is 11.8 Å². The third-order valence-electron chi connectivity index (χ3n) is 4.72. The molecule has 0 radical (unpaired) electrons. The number of nitrogens with zero attached hydrogens (tertiary/aromatic N) is 2. The van der Waals surface area contributed by atoms with Crippen LogP contribution in [0.2, 0.25) is 0 Å². The number of hydrogen-bond donors (Lipinski definition) is 0. The van der Waals surface area contributed by atoms with Gasteiger partial charge in [-0.05, 0) is 31.2 Å². The lowest BCUT2D eigenvalue weighted by Crippen LogP contribution is -2.31. The maximum absolute atomic E-state index is 12.7. The van der Waals surface area contributed by atoms with E-state index in [1.807, 2.05) is 6.92 Å². The van der Waals surface area contributed by atoms with Crippen LogP contribution in [-0.4, -0.2) is 16.6 Å². The van der Waals surface area contributed by atoms with Crippen LogP contribution in [0.15, 0.2) is 40.5 Å². The van der Waals surface area contributed by atoms with Crippen LogP contribution in [0.4, 0.5) is 0 Å². The zero-order valence-corrected chi connectivity index (χ0v) is 15.9. The Bertz CT molecular complexity index is 768. The molecule has 0 N–H and O–H groups in total. The third-order valence-corrected chi connectivity index (χ3v) is 6.20. The summed E-state index contributed by atoms with van der Waals surface area (Å²) in [5.41, 5.74) is 3.94. The Labute approximate surface area is 154 Å². The Kier molecular flexibility index (Phi) is 5.44. The average Bonchev–Trinajstić information content (AvgIpc) is 2.59. The third kappa shape index (κ3) is 3.72. The standard InChI is InChI=1S/C21H24N2OS/c1-13(2)12-25-21-16(11-22)19(15-9-7-14(3)8-10-15)20-17(23-21)5-4-6-18(20)24/h7-10,13,16,19H,4-6,12H2,1-3H3/t16?,19-/m1/s1. The molecule has 1 aliphatic heterocycles. The molecule has 0 spiro atoms. The normalized spacial score (nSPS) is 23.3. The van der Waals surface area contributed by atoms with Crippen molar-refractivity contribution in [2.24, 2.45) is 16.8 Å². The van der Waals surface area contributed by atoms with Crippen molar-refractivity contribution in [1.29, 1.82) is 5.26 Å². The van der Waals surface area contributed by atoms with Gasteiger partial charge in [0.25, 0.3) is 0 Å². The molecule has 1 aliphatic carbocycles. The van der Waals surface area contributed by atoms with Gasteiger partial charge in [0.05, 0.1) is 11.1 Å². The molecule has 25 heavy (non-hydrogen) atoms. The minimum absolute atomic E-state index is 0.170. The van der Waals surface area contributed by atoms with Gasteiger partial charge in [-0.3, -0.25) is 4.79 Å². The molecule has 2 atom stereocenters. The van der Waals surface area contributed by atoms with Gasteiger partial charge in [-0.25, -0.2) is 4.99 Å². The number of benzene rings is 1. The summed E-state index contributed by atoms with van der Waals surface area (Å²) >= 11 is 1.68. The molecule has 1 heterocycles. The first kappa shape index (κ1) is 17.9. The highest BCUT2D eigenvalue weighted by Gasteiger charge is 2.40. The van der Waals surface area contributed by atoms with Crippen LogP contribution in [0.5, 0.6) is 0 Å². The number of carbonyl (C=O) groups is 1. The number of rotatable bonds is 3. The first-order valence-corrected chi connectivity index (χ1v) is 9.93. The smallest absolute Gasteiger partial charge is 0.161 e. The van der Waals surface area contributed by atoms with E-state index in [9.17, 15) is 10.1 Å². The summed E-state index contributed by atoms with van der Waals surface area (Å²) < 4.78 is 0. The molecule has 3 rings (SSSR count). The highest BCUT2D eigenvalue weighted by Crippen LogP contribution is 2.44. The second kappa shape index (κ2) is 7.58. The van der Waals surface area contributed by atoms with E-state index in [1.54, 1.807) is 11.8 Å². The minimum Gasteiger partial charge on any atom is -0.294 e. The lowest BCUT2D eigenvalue weighted by atomic mass is 9.74. The number of hydrogen-bond acceptors (Lipinski definition) is 4. The maximum atomic E-state index is 12.7. The number of thioether (sulfide) groups is 1. The molecule has 1 aromatic carbocycles. The largest absolute Gasteiger partial charge is 0.294 e. The van der Waals surface area contributed by atoms with Gasteiger partial charge in [-0.2, -0.15) is 5.26 Å². The lowest BCUT2D eigenvalue weighted by Gasteiger charge is -2.33. The van der Waals surface area contributed by atoms with E-state index in [0.29, 0.717) is 12.3 Å². The second-order valence-electron chi connectivity index (χ2n) is 7.29. The Hall–Kier alpha value is -1.86. The predicted octanol–water partition coefficient (Wildman–Crippen LogP) is 5.03. The summed E-state index contributed by atoms with van der Waals surface area (Å²) in [5, 5.41) is 10.8. The molecule has 0 fully saturated rings. The molecule has 0 saturated heterocycles. The molecule has 0 saturated carbocycles. The first-order valence-electron chi connectivity index (χ1n) is 8.95. The van der Waals surface area contributed by atoms with Crippen LogP contribution in [-0.2, 0) is 4.79 Å². The van der Waals surface area contributed by atoms with Gasteiger partial charge < -0.3 is 0 Å². The van der Waals surface area contributed by atoms with E-state index in [4.69, 9.17) is 4.99 Å². The van der Waals surface area contributed by atoms with Crippen molar-refractivity contribution < 1.29 is 4.79 Å². The van der Waals surface area contributed by atoms with Gasteiger partial charge in [0.15, 0.2) is 5.78 Å². The Morgan fingerprint density at radius 1 is 1.28 bits per heavy atom. The number of ketones is 1. The summed E-state index contributed by atoms with van der Waals surface area (Å²) in [4.78, 5) is 17.5. The average molecular weight is 353 g/mol. The molecular weight excluding hydrogens is 328 g/mol. The number of allylic oxidation sites excluding steroid dienone is 2. The summed E-state index contributed by atoms with van der Waals surface area (Å²) in [6.07, 6.45) is 2.28. The minimum atomic E-state index is -0.368. The van der Waals surface area contributed by atoms with Gasteiger partial charge in [0, 0.05) is 29.4 Å². The van der Waals surface area contributed by atoms with E-state index >= 15 is 0 Å². The molecule has 1 unspecified atom stereocenters.